The van der Waals surface area contributed by atoms with Crippen LogP contribution >= 0.6 is 0 Å². The molecule has 0 N–H and O–H groups in total. The third-order valence-corrected chi connectivity index (χ3v) is 6.65. The number of carbonyl (C=O) groups excluding carboxylic acids is 1. The van der Waals surface area contributed by atoms with Crippen LogP contribution in [0.2, 0.25) is 0 Å². The van der Waals surface area contributed by atoms with Gasteiger partial charge in [-0.3, -0.25) is 4.79 Å². The second-order valence-corrected chi connectivity index (χ2v) is 8.54. The molecule has 0 aliphatic carbocycles. The zero-order valence-corrected chi connectivity index (χ0v) is 15.9. The summed E-state index contributed by atoms with van der Waals surface area (Å²) in [5.41, 5.74) is 1.81. The molecule has 0 bridgehead atoms. The van der Waals surface area contributed by atoms with Crippen LogP contribution in [0.15, 0.2) is 41.3 Å². The maximum Gasteiger partial charge on any atom is 0.254 e. The first-order chi connectivity index (χ1) is 12.7. The van der Waals surface area contributed by atoms with Crippen molar-refractivity contribution in [2.24, 2.45) is 0 Å². The van der Waals surface area contributed by atoms with Gasteiger partial charge in [-0.05, 0) is 49.2 Å². The van der Waals surface area contributed by atoms with Gasteiger partial charge >= 0.3 is 0 Å². The molecule has 3 rings (SSSR count). The highest BCUT2D eigenvalue weighted by Crippen LogP contribution is 2.21. The van der Waals surface area contributed by atoms with Gasteiger partial charge in [-0.1, -0.05) is 6.07 Å². The van der Waals surface area contributed by atoms with E-state index in [0.29, 0.717) is 6.07 Å². The molecule has 1 heterocycles. The summed E-state index contributed by atoms with van der Waals surface area (Å²) in [6.07, 6.45) is 0. The molecule has 0 atom stereocenters. The van der Waals surface area contributed by atoms with Crippen LogP contribution in [0.3, 0.4) is 0 Å². The van der Waals surface area contributed by atoms with E-state index in [1.165, 1.54) is 9.21 Å². The molecule has 2 aromatic carbocycles. The average molecular weight is 394 g/mol. The molecule has 5 nitrogen and oxygen atoms in total. The van der Waals surface area contributed by atoms with E-state index in [4.69, 9.17) is 0 Å². The number of benzene rings is 2. The minimum Gasteiger partial charge on any atom is -0.336 e. The number of hydrogen-bond acceptors (Lipinski definition) is 3. The summed E-state index contributed by atoms with van der Waals surface area (Å²) in [4.78, 5) is 14.1. The molecule has 2 aromatic rings. The van der Waals surface area contributed by atoms with Crippen LogP contribution in [0.25, 0.3) is 0 Å². The van der Waals surface area contributed by atoms with Crippen LogP contribution in [-0.4, -0.2) is 49.7 Å². The van der Waals surface area contributed by atoms with Crippen LogP contribution in [-0.2, 0) is 10.0 Å². The lowest BCUT2D eigenvalue weighted by Crippen LogP contribution is -2.50. The Kier molecular flexibility index (Phi) is 5.30. The van der Waals surface area contributed by atoms with Gasteiger partial charge in [0, 0.05) is 37.8 Å². The number of hydrogen-bond donors (Lipinski definition) is 0. The first kappa shape index (κ1) is 19.4. The van der Waals surface area contributed by atoms with Gasteiger partial charge in [0.1, 0.15) is 11.6 Å². The smallest absolute Gasteiger partial charge is 0.254 e. The molecule has 1 aliphatic rings. The van der Waals surface area contributed by atoms with Crippen molar-refractivity contribution >= 4 is 15.9 Å². The molecule has 0 saturated carbocycles. The second kappa shape index (κ2) is 7.36. The molecule has 1 saturated heterocycles. The van der Waals surface area contributed by atoms with E-state index < -0.39 is 27.6 Å². The summed E-state index contributed by atoms with van der Waals surface area (Å²) >= 11 is 0. The monoisotopic (exact) mass is 394 g/mol. The zero-order valence-electron chi connectivity index (χ0n) is 15.1. The van der Waals surface area contributed by atoms with E-state index in [9.17, 15) is 22.0 Å². The second-order valence-electron chi connectivity index (χ2n) is 6.60. The van der Waals surface area contributed by atoms with Gasteiger partial charge in [-0.2, -0.15) is 4.31 Å². The van der Waals surface area contributed by atoms with E-state index in [0.717, 1.165) is 23.3 Å². The maximum atomic E-state index is 13.3. The highest BCUT2D eigenvalue weighted by molar-refractivity contribution is 7.89. The van der Waals surface area contributed by atoms with E-state index in [1.54, 1.807) is 18.2 Å². The number of carbonyl (C=O) groups is 1. The molecule has 1 aliphatic heterocycles. The van der Waals surface area contributed by atoms with Gasteiger partial charge in [0.05, 0.1) is 4.90 Å². The lowest BCUT2D eigenvalue weighted by Gasteiger charge is -2.34. The highest BCUT2D eigenvalue weighted by Gasteiger charge is 2.30. The lowest BCUT2D eigenvalue weighted by atomic mass is 10.1. The molecule has 1 fully saturated rings. The Labute approximate surface area is 157 Å². The Morgan fingerprint density at radius 3 is 2.04 bits per heavy atom. The molecular weight excluding hydrogens is 374 g/mol. The van der Waals surface area contributed by atoms with Crippen molar-refractivity contribution < 1.29 is 22.0 Å². The fourth-order valence-corrected chi connectivity index (χ4v) is 4.52. The molecule has 0 unspecified atom stereocenters. The predicted octanol–water partition coefficient (Wildman–Crippen LogP) is 2.73. The minimum absolute atomic E-state index is 0.0852. The minimum atomic E-state index is -3.65. The van der Waals surface area contributed by atoms with Gasteiger partial charge < -0.3 is 4.90 Å². The van der Waals surface area contributed by atoms with Gasteiger partial charge in [-0.15, -0.1) is 0 Å². The number of nitrogens with zero attached hydrogens (tertiary/aromatic N) is 2. The number of piperazine rings is 1. The Bertz CT molecular complexity index is 964. The number of halogens is 2. The van der Waals surface area contributed by atoms with Crippen molar-refractivity contribution in [3.8, 4) is 0 Å². The number of amides is 1. The van der Waals surface area contributed by atoms with E-state index in [2.05, 4.69) is 0 Å². The van der Waals surface area contributed by atoms with E-state index in [-0.39, 0.29) is 36.6 Å². The van der Waals surface area contributed by atoms with Gasteiger partial charge in [-0.25, -0.2) is 17.2 Å². The van der Waals surface area contributed by atoms with Crippen molar-refractivity contribution in [1.29, 1.82) is 0 Å². The summed E-state index contributed by atoms with van der Waals surface area (Å²) in [5.74, 6) is -2.17. The highest BCUT2D eigenvalue weighted by atomic mass is 32.2. The summed E-state index contributed by atoms with van der Waals surface area (Å²) in [6.45, 7) is 4.31. The summed E-state index contributed by atoms with van der Waals surface area (Å²) in [6, 6.07) is 7.63. The van der Waals surface area contributed by atoms with Crippen molar-refractivity contribution in [3.63, 3.8) is 0 Å². The Hall–Kier alpha value is -2.32. The van der Waals surface area contributed by atoms with E-state index >= 15 is 0 Å². The molecular formula is C19H20F2N2O3S. The summed E-state index contributed by atoms with van der Waals surface area (Å²) < 4.78 is 53.6. The first-order valence-electron chi connectivity index (χ1n) is 8.51. The van der Waals surface area contributed by atoms with Crippen LogP contribution in [0.1, 0.15) is 21.5 Å². The molecule has 0 radical (unpaired) electrons. The van der Waals surface area contributed by atoms with Gasteiger partial charge in [0.25, 0.3) is 5.91 Å². The molecule has 1 amide bonds. The Balaban J connectivity index is 1.72. The topological polar surface area (TPSA) is 57.7 Å². The Morgan fingerprint density at radius 2 is 1.48 bits per heavy atom. The third kappa shape index (κ3) is 4.01. The van der Waals surface area contributed by atoms with E-state index in [1.807, 2.05) is 13.8 Å². The predicted molar refractivity (Wildman–Crippen MR) is 96.9 cm³/mol. The maximum absolute atomic E-state index is 13.3. The van der Waals surface area contributed by atoms with Crippen molar-refractivity contribution in [3.05, 3.63) is 64.7 Å². The standard InChI is InChI=1S/C19H20F2N2O3S/c1-13-3-4-18(9-14(13)2)27(25,26)23-7-5-22(6-8-23)19(24)15-10-16(20)12-17(21)11-15/h3-4,9-12H,5-8H2,1-2H3. The lowest BCUT2D eigenvalue weighted by molar-refractivity contribution is 0.0697. The van der Waals surface area contributed by atoms with Crippen LogP contribution < -0.4 is 0 Å². The number of aryl methyl sites for hydroxylation is 2. The molecule has 144 valence electrons. The fourth-order valence-electron chi connectivity index (χ4n) is 3.01. The van der Waals surface area contributed by atoms with Crippen LogP contribution in [0.5, 0.6) is 0 Å². The van der Waals surface area contributed by atoms with Crippen LogP contribution in [0, 0.1) is 25.5 Å². The molecule has 0 spiro atoms. The third-order valence-electron chi connectivity index (χ3n) is 4.75. The Morgan fingerprint density at radius 1 is 0.889 bits per heavy atom. The zero-order chi connectivity index (χ0) is 19.8. The molecule has 27 heavy (non-hydrogen) atoms. The van der Waals surface area contributed by atoms with Crippen molar-refractivity contribution in [1.82, 2.24) is 9.21 Å². The largest absolute Gasteiger partial charge is 0.336 e. The number of sulfonamides is 1. The first-order valence-corrected chi connectivity index (χ1v) is 9.95. The van der Waals surface area contributed by atoms with Gasteiger partial charge in [0.15, 0.2) is 0 Å². The summed E-state index contributed by atoms with van der Waals surface area (Å²) in [5, 5.41) is 0. The quantitative estimate of drug-likeness (QED) is 0.804. The molecule has 0 aromatic heterocycles. The van der Waals surface area contributed by atoms with Crippen LogP contribution in [0.4, 0.5) is 8.78 Å². The van der Waals surface area contributed by atoms with Gasteiger partial charge in [0.2, 0.25) is 10.0 Å². The van der Waals surface area contributed by atoms with Crippen molar-refractivity contribution in [2.75, 3.05) is 26.2 Å². The summed E-state index contributed by atoms with van der Waals surface area (Å²) in [7, 11) is -3.65. The molecule has 8 heteroatoms. The fraction of sp³-hybridized carbons (Fsp3) is 0.316. The SMILES string of the molecule is Cc1ccc(S(=O)(=O)N2CCN(C(=O)c3cc(F)cc(F)c3)CC2)cc1C. The average Bonchev–Trinajstić information content (AvgIpc) is 2.62. The normalized spacial score (nSPS) is 15.8. The van der Waals surface area contributed by atoms with Crippen molar-refractivity contribution in [2.45, 2.75) is 18.7 Å². The number of rotatable bonds is 3.